The molecule has 0 unspecified atom stereocenters. The summed E-state index contributed by atoms with van der Waals surface area (Å²) in [5.41, 5.74) is 6.14. The first-order valence-corrected chi connectivity index (χ1v) is 6.51. The van der Waals surface area contributed by atoms with Crippen LogP contribution in [-0.2, 0) is 0 Å². The maximum atomic E-state index is 8.70. The second-order valence-corrected chi connectivity index (χ2v) is 4.29. The Bertz CT molecular complexity index is 419. The summed E-state index contributed by atoms with van der Waals surface area (Å²) in [6.07, 6.45) is 4.60. The first kappa shape index (κ1) is 15.1. The molecular weight excluding hydrogens is 244 g/mol. The average molecular weight is 266 g/mol. The molecule has 0 atom stereocenters. The highest BCUT2D eigenvalue weighted by atomic mass is 16.5. The lowest BCUT2D eigenvalue weighted by atomic mass is 10.2. The molecule has 0 saturated carbocycles. The molecule has 0 bridgehead atoms. The molecule has 0 heterocycles. The van der Waals surface area contributed by atoms with Gasteiger partial charge in [0.1, 0.15) is 11.5 Å². The molecule has 0 radical (unpaired) electrons. The van der Waals surface area contributed by atoms with E-state index in [0.717, 1.165) is 12.8 Å². The Morgan fingerprint density at radius 2 is 1.95 bits per heavy atom. The van der Waals surface area contributed by atoms with Crippen molar-refractivity contribution in [3.05, 3.63) is 23.8 Å². The minimum atomic E-state index is 0.0368. The smallest absolute Gasteiger partial charge is 0.170 e. The zero-order valence-electron chi connectivity index (χ0n) is 11.6. The number of nitrogens with two attached hydrogens (primary N) is 1. The minimum absolute atomic E-state index is 0.0368. The molecule has 0 aliphatic heterocycles. The summed E-state index contributed by atoms with van der Waals surface area (Å²) in [6, 6.07) is 5.21. The van der Waals surface area contributed by atoms with Gasteiger partial charge in [0.15, 0.2) is 5.84 Å². The highest BCUT2D eigenvalue weighted by Crippen LogP contribution is 2.23. The van der Waals surface area contributed by atoms with Crippen molar-refractivity contribution in [1.29, 1.82) is 0 Å². The Morgan fingerprint density at radius 3 is 2.58 bits per heavy atom. The van der Waals surface area contributed by atoms with Crippen molar-refractivity contribution in [2.24, 2.45) is 10.9 Å². The summed E-state index contributed by atoms with van der Waals surface area (Å²) in [4.78, 5) is 0. The maximum Gasteiger partial charge on any atom is 0.170 e. The Hall–Kier alpha value is -1.91. The molecule has 1 rings (SSSR count). The molecule has 0 aromatic heterocycles. The van der Waals surface area contributed by atoms with Crippen LogP contribution < -0.4 is 15.2 Å². The fourth-order valence-corrected chi connectivity index (χ4v) is 1.70. The van der Waals surface area contributed by atoms with Crippen molar-refractivity contribution in [3.8, 4) is 11.5 Å². The van der Waals surface area contributed by atoms with Gasteiger partial charge in [0.25, 0.3) is 0 Å². The largest absolute Gasteiger partial charge is 0.497 e. The van der Waals surface area contributed by atoms with Gasteiger partial charge in [-0.3, -0.25) is 0 Å². The molecular formula is C14H22N2O3. The van der Waals surface area contributed by atoms with E-state index in [1.165, 1.54) is 12.8 Å². The third-order valence-corrected chi connectivity index (χ3v) is 2.79. The van der Waals surface area contributed by atoms with E-state index in [2.05, 4.69) is 12.1 Å². The van der Waals surface area contributed by atoms with Gasteiger partial charge in [-0.1, -0.05) is 31.3 Å². The number of hydrogen-bond acceptors (Lipinski definition) is 4. The van der Waals surface area contributed by atoms with Crippen molar-refractivity contribution in [3.63, 3.8) is 0 Å². The van der Waals surface area contributed by atoms with Crippen molar-refractivity contribution in [1.82, 2.24) is 0 Å². The van der Waals surface area contributed by atoms with E-state index in [1.807, 2.05) is 0 Å². The Balaban J connectivity index is 2.66. The molecule has 3 N–H and O–H groups in total. The number of rotatable bonds is 8. The van der Waals surface area contributed by atoms with Gasteiger partial charge in [-0.2, -0.15) is 0 Å². The van der Waals surface area contributed by atoms with Crippen molar-refractivity contribution in [2.45, 2.75) is 32.6 Å². The molecule has 0 amide bonds. The number of methoxy groups -OCH3 is 1. The summed E-state index contributed by atoms with van der Waals surface area (Å²) in [5, 5.41) is 11.7. The average Bonchev–Trinajstić information content (AvgIpc) is 2.45. The Kier molecular flexibility index (Phi) is 6.57. The fourth-order valence-electron chi connectivity index (χ4n) is 1.70. The topological polar surface area (TPSA) is 77.1 Å². The van der Waals surface area contributed by atoms with Crippen LogP contribution >= 0.6 is 0 Å². The summed E-state index contributed by atoms with van der Waals surface area (Å²) in [6.45, 7) is 2.83. The van der Waals surface area contributed by atoms with Crippen LogP contribution in [0, 0.1) is 0 Å². The van der Waals surface area contributed by atoms with Gasteiger partial charge in [-0.15, -0.1) is 0 Å². The van der Waals surface area contributed by atoms with E-state index in [9.17, 15) is 0 Å². The molecule has 1 aromatic carbocycles. The lowest BCUT2D eigenvalue weighted by Crippen LogP contribution is -2.13. The number of unbranched alkanes of at least 4 members (excludes halogenated alkanes) is 3. The van der Waals surface area contributed by atoms with Crippen LogP contribution in [0.15, 0.2) is 23.4 Å². The summed E-state index contributed by atoms with van der Waals surface area (Å²) < 4.78 is 10.8. The first-order chi connectivity index (χ1) is 9.21. The molecule has 5 heteroatoms. The molecule has 0 fully saturated rings. The summed E-state index contributed by atoms with van der Waals surface area (Å²) in [7, 11) is 1.57. The molecule has 0 saturated heterocycles. The normalized spacial score (nSPS) is 11.4. The third-order valence-electron chi connectivity index (χ3n) is 2.79. The number of benzene rings is 1. The monoisotopic (exact) mass is 266 g/mol. The Morgan fingerprint density at radius 1 is 1.21 bits per heavy atom. The van der Waals surface area contributed by atoms with Gasteiger partial charge >= 0.3 is 0 Å². The maximum absolute atomic E-state index is 8.70. The summed E-state index contributed by atoms with van der Waals surface area (Å²) >= 11 is 0. The van der Waals surface area contributed by atoms with E-state index in [1.54, 1.807) is 25.3 Å². The standard InChI is InChI=1S/C14H22N2O3/c1-3-4-5-6-7-19-13-9-11(14(15)16-17)8-12(10-13)18-2/h8-10,17H,3-7H2,1-2H3,(H2,15,16). The van der Waals surface area contributed by atoms with Crippen LogP contribution in [0.3, 0.4) is 0 Å². The van der Waals surface area contributed by atoms with Crippen LogP contribution in [0.5, 0.6) is 11.5 Å². The quantitative estimate of drug-likeness (QED) is 0.249. The van der Waals surface area contributed by atoms with Crippen LogP contribution in [-0.4, -0.2) is 24.8 Å². The molecule has 0 aliphatic carbocycles. The highest BCUT2D eigenvalue weighted by molar-refractivity contribution is 5.97. The van der Waals surface area contributed by atoms with E-state index < -0.39 is 0 Å². The second-order valence-electron chi connectivity index (χ2n) is 4.29. The molecule has 106 valence electrons. The minimum Gasteiger partial charge on any atom is -0.497 e. The van der Waals surface area contributed by atoms with Gasteiger partial charge in [0, 0.05) is 11.6 Å². The SMILES string of the molecule is CCCCCCOc1cc(OC)cc(/C(N)=N/O)c1. The van der Waals surface area contributed by atoms with Crippen LogP contribution in [0.4, 0.5) is 0 Å². The van der Waals surface area contributed by atoms with Crippen LogP contribution in [0.25, 0.3) is 0 Å². The van der Waals surface area contributed by atoms with Crippen molar-refractivity contribution < 1.29 is 14.7 Å². The zero-order chi connectivity index (χ0) is 14.1. The third kappa shape index (κ3) is 5.07. The van der Waals surface area contributed by atoms with E-state index in [-0.39, 0.29) is 5.84 Å². The highest BCUT2D eigenvalue weighted by Gasteiger charge is 2.06. The van der Waals surface area contributed by atoms with Gasteiger partial charge in [0.2, 0.25) is 0 Å². The first-order valence-electron chi connectivity index (χ1n) is 6.51. The number of hydrogen-bond donors (Lipinski definition) is 2. The van der Waals surface area contributed by atoms with E-state index in [4.69, 9.17) is 20.4 Å². The number of oxime groups is 1. The predicted octanol–water partition coefficient (Wildman–Crippen LogP) is 2.75. The number of ether oxygens (including phenoxy) is 2. The molecule has 5 nitrogen and oxygen atoms in total. The fraction of sp³-hybridized carbons (Fsp3) is 0.500. The van der Waals surface area contributed by atoms with E-state index >= 15 is 0 Å². The number of nitrogens with zero attached hydrogens (tertiary/aromatic N) is 1. The predicted molar refractivity (Wildman–Crippen MR) is 75.1 cm³/mol. The molecule has 0 aliphatic rings. The lowest BCUT2D eigenvalue weighted by Gasteiger charge is -2.10. The van der Waals surface area contributed by atoms with Gasteiger partial charge < -0.3 is 20.4 Å². The van der Waals surface area contributed by atoms with Crippen molar-refractivity contribution in [2.75, 3.05) is 13.7 Å². The second kappa shape index (κ2) is 8.24. The molecule has 1 aromatic rings. The van der Waals surface area contributed by atoms with Crippen LogP contribution in [0.1, 0.15) is 38.2 Å². The van der Waals surface area contributed by atoms with Gasteiger partial charge in [0.05, 0.1) is 13.7 Å². The van der Waals surface area contributed by atoms with Crippen LogP contribution in [0.2, 0.25) is 0 Å². The molecule has 19 heavy (non-hydrogen) atoms. The lowest BCUT2D eigenvalue weighted by molar-refractivity contribution is 0.302. The zero-order valence-corrected chi connectivity index (χ0v) is 11.6. The van der Waals surface area contributed by atoms with E-state index in [0.29, 0.717) is 23.7 Å². The number of amidine groups is 1. The van der Waals surface area contributed by atoms with Gasteiger partial charge in [-0.05, 0) is 18.6 Å². The van der Waals surface area contributed by atoms with Crippen molar-refractivity contribution >= 4 is 5.84 Å². The summed E-state index contributed by atoms with van der Waals surface area (Å²) in [5.74, 6) is 1.32. The molecule has 0 spiro atoms. The van der Waals surface area contributed by atoms with Gasteiger partial charge in [-0.25, -0.2) is 0 Å². The Labute approximate surface area is 114 Å².